The molecule has 3 nitrogen and oxygen atoms in total. The quantitative estimate of drug-likeness (QED) is 0.693. The first-order valence-corrected chi connectivity index (χ1v) is 5.11. The van der Waals surface area contributed by atoms with E-state index in [0.717, 1.165) is 12.0 Å². The smallest absolute Gasteiger partial charge is 0.206 e. The minimum Gasteiger partial charge on any atom is -0.206 e. The Morgan fingerprint density at radius 2 is 1.75 bits per heavy atom. The van der Waals surface area contributed by atoms with Gasteiger partial charge in [0, 0.05) is 0 Å². The molecule has 0 unspecified atom stereocenters. The second kappa shape index (κ2) is 3.25. The Labute approximate surface area is 72.3 Å². The minimum atomic E-state index is -3.78. The van der Waals surface area contributed by atoms with Gasteiger partial charge in [-0.25, -0.2) is 8.42 Å². The van der Waals surface area contributed by atoms with Crippen molar-refractivity contribution < 1.29 is 8.42 Å². The molecule has 1 N–H and O–H groups in total. The molecule has 0 aliphatic carbocycles. The van der Waals surface area contributed by atoms with Gasteiger partial charge in [0.15, 0.2) is 0 Å². The lowest BCUT2D eigenvalue weighted by molar-refractivity contribution is 0.596. The van der Waals surface area contributed by atoms with Crippen molar-refractivity contribution in [2.24, 2.45) is 0 Å². The molecular formula is C8H10NO2S. The van der Waals surface area contributed by atoms with Crippen LogP contribution >= 0.6 is 0 Å². The van der Waals surface area contributed by atoms with Gasteiger partial charge in [-0.15, -0.1) is 5.14 Å². The predicted octanol–water partition coefficient (Wildman–Crippen LogP) is 1.22. The fourth-order valence-corrected chi connectivity index (χ4v) is 1.40. The van der Waals surface area contributed by atoms with E-state index in [2.05, 4.69) is 0 Å². The molecular weight excluding hydrogens is 174 g/mol. The van der Waals surface area contributed by atoms with Crippen molar-refractivity contribution in [3.8, 4) is 0 Å². The van der Waals surface area contributed by atoms with Gasteiger partial charge in [-0.3, -0.25) is 0 Å². The molecule has 4 heteroatoms. The summed E-state index contributed by atoms with van der Waals surface area (Å²) in [6.07, 6.45) is 0.873. The van der Waals surface area contributed by atoms with E-state index in [1.54, 1.807) is 12.1 Å². The first-order chi connectivity index (χ1) is 5.54. The van der Waals surface area contributed by atoms with E-state index >= 15 is 0 Å². The number of aryl methyl sites for hydroxylation is 1. The first kappa shape index (κ1) is 9.22. The zero-order chi connectivity index (χ0) is 9.19. The van der Waals surface area contributed by atoms with Crippen LogP contribution in [0.1, 0.15) is 12.5 Å². The molecule has 65 valence electrons. The van der Waals surface area contributed by atoms with Crippen LogP contribution in [0, 0.1) is 0 Å². The van der Waals surface area contributed by atoms with Crippen LogP contribution in [0.25, 0.3) is 0 Å². The Balaban J connectivity index is 3.09. The number of hydrogen-bond acceptors (Lipinski definition) is 2. The van der Waals surface area contributed by atoms with Gasteiger partial charge in [0.1, 0.15) is 0 Å². The zero-order valence-corrected chi connectivity index (χ0v) is 7.56. The maximum atomic E-state index is 10.7. The highest BCUT2D eigenvalue weighted by Crippen LogP contribution is 2.09. The molecule has 0 aliphatic heterocycles. The lowest BCUT2D eigenvalue weighted by Crippen LogP contribution is -2.00. The standard InChI is InChI=1S/C8H10NO2S/c1-2-7-3-5-8(6-4-7)12(9,10)11/h3-6,9H,2H2,1H3. The highest BCUT2D eigenvalue weighted by atomic mass is 32.2. The normalized spacial score (nSPS) is 11.5. The molecule has 0 bridgehead atoms. The van der Waals surface area contributed by atoms with E-state index in [1.165, 1.54) is 12.1 Å². The molecule has 1 aromatic carbocycles. The Kier molecular flexibility index (Phi) is 2.49. The van der Waals surface area contributed by atoms with Crippen LogP contribution in [0.5, 0.6) is 0 Å². The lowest BCUT2D eigenvalue weighted by atomic mass is 10.2. The maximum absolute atomic E-state index is 10.7. The van der Waals surface area contributed by atoms with Gasteiger partial charge in [-0.05, 0) is 24.1 Å². The van der Waals surface area contributed by atoms with Crippen molar-refractivity contribution >= 4 is 10.0 Å². The van der Waals surface area contributed by atoms with Crippen molar-refractivity contribution in [3.05, 3.63) is 29.8 Å². The molecule has 1 radical (unpaired) electrons. The third-order valence-corrected chi connectivity index (χ3v) is 2.53. The van der Waals surface area contributed by atoms with Gasteiger partial charge >= 0.3 is 0 Å². The highest BCUT2D eigenvalue weighted by Gasteiger charge is 2.06. The molecule has 0 heterocycles. The summed E-state index contributed by atoms with van der Waals surface area (Å²) in [6.45, 7) is 1.99. The number of hydrogen-bond donors (Lipinski definition) is 0. The van der Waals surface area contributed by atoms with Crippen LogP contribution in [0.15, 0.2) is 29.2 Å². The molecule has 0 aliphatic rings. The summed E-state index contributed by atoms with van der Waals surface area (Å²) in [6, 6.07) is 6.37. The molecule has 12 heavy (non-hydrogen) atoms. The Morgan fingerprint density at radius 3 is 2.08 bits per heavy atom. The summed E-state index contributed by atoms with van der Waals surface area (Å²) in [5.74, 6) is 0. The van der Waals surface area contributed by atoms with Gasteiger partial charge in [-0.1, -0.05) is 19.1 Å². The molecule has 0 aromatic heterocycles. The summed E-state index contributed by atoms with van der Waals surface area (Å²) < 4.78 is 21.4. The third kappa shape index (κ3) is 2.06. The SMILES string of the molecule is CCc1ccc(S([NH])(=O)=O)cc1. The maximum Gasteiger partial charge on any atom is 0.254 e. The number of rotatable bonds is 2. The summed E-state index contributed by atoms with van der Waals surface area (Å²) >= 11 is 0. The van der Waals surface area contributed by atoms with Crippen LogP contribution in [-0.2, 0) is 16.4 Å². The van der Waals surface area contributed by atoms with E-state index in [0.29, 0.717) is 0 Å². The topological polar surface area (TPSA) is 57.9 Å². The molecule has 0 saturated heterocycles. The second-order valence-electron chi connectivity index (χ2n) is 2.50. The summed E-state index contributed by atoms with van der Waals surface area (Å²) in [5, 5.41) is 6.77. The first-order valence-electron chi connectivity index (χ1n) is 3.62. The fraction of sp³-hybridized carbons (Fsp3) is 0.250. The fourth-order valence-electron chi connectivity index (χ4n) is 0.904. The van der Waals surface area contributed by atoms with Crippen molar-refractivity contribution in [2.75, 3.05) is 0 Å². The average Bonchev–Trinajstić information content (AvgIpc) is 2.03. The molecule has 1 aromatic rings. The van der Waals surface area contributed by atoms with Gasteiger partial charge in [-0.2, -0.15) is 0 Å². The predicted molar refractivity (Wildman–Crippen MR) is 46.1 cm³/mol. The number of nitrogens with one attached hydrogen (secondary N) is 1. The molecule has 1 rings (SSSR count). The Morgan fingerprint density at radius 1 is 1.25 bits per heavy atom. The van der Waals surface area contributed by atoms with E-state index in [1.807, 2.05) is 6.92 Å². The number of benzene rings is 1. The van der Waals surface area contributed by atoms with Crippen LogP contribution in [0.4, 0.5) is 0 Å². The zero-order valence-electron chi connectivity index (χ0n) is 6.74. The number of sulfonamides is 1. The van der Waals surface area contributed by atoms with Gasteiger partial charge in [0.25, 0.3) is 10.0 Å². The van der Waals surface area contributed by atoms with E-state index in [-0.39, 0.29) is 4.90 Å². The third-order valence-electron chi connectivity index (χ3n) is 1.64. The van der Waals surface area contributed by atoms with Crippen LogP contribution < -0.4 is 5.14 Å². The Hall–Kier alpha value is -0.870. The van der Waals surface area contributed by atoms with Crippen LogP contribution in [0.2, 0.25) is 0 Å². The largest absolute Gasteiger partial charge is 0.254 e. The average molecular weight is 184 g/mol. The van der Waals surface area contributed by atoms with Gasteiger partial charge in [0.2, 0.25) is 0 Å². The van der Waals surface area contributed by atoms with E-state index in [4.69, 9.17) is 5.14 Å². The molecule has 0 amide bonds. The monoisotopic (exact) mass is 184 g/mol. The second-order valence-corrected chi connectivity index (χ2v) is 3.98. The summed E-state index contributed by atoms with van der Waals surface area (Å²) in [4.78, 5) is 0.0553. The molecule has 0 fully saturated rings. The van der Waals surface area contributed by atoms with Crippen molar-refractivity contribution in [1.29, 1.82) is 0 Å². The van der Waals surface area contributed by atoms with Crippen molar-refractivity contribution in [2.45, 2.75) is 18.2 Å². The molecule has 0 saturated carbocycles. The summed E-state index contributed by atoms with van der Waals surface area (Å²) in [5.41, 5.74) is 1.07. The van der Waals surface area contributed by atoms with Gasteiger partial charge in [0.05, 0.1) is 4.90 Å². The lowest BCUT2D eigenvalue weighted by Gasteiger charge is -1.98. The molecule has 0 atom stereocenters. The molecule has 0 spiro atoms. The van der Waals surface area contributed by atoms with E-state index in [9.17, 15) is 8.42 Å². The minimum absolute atomic E-state index is 0.0553. The van der Waals surface area contributed by atoms with Gasteiger partial charge < -0.3 is 0 Å². The Bertz CT molecular complexity index is 353. The van der Waals surface area contributed by atoms with Crippen LogP contribution in [-0.4, -0.2) is 8.42 Å². The highest BCUT2D eigenvalue weighted by molar-refractivity contribution is 7.88. The summed E-state index contributed by atoms with van der Waals surface area (Å²) in [7, 11) is -3.78. The van der Waals surface area contributed by atoms with E-state index < -0.39 is 10.0 Å². The van der Waals surface area contributed by atoms with Crippen molar-refractivity contribution in [3.63, 3.8) is 0 Å². The van der Waals surface area contributed by atoms with Crippen LogP contribution in [0.3, 0.4) is 0 Å². The van der Waals surface area contributed by atoms with Crippen molar-refractivity contribution in [1.82, 2.24) is 5.14 Å².